The van der Waals surface area contributed by atoms with Crippen LogP contribution < -0.4 is 15.4 Å². The first kappa shape index (κ1) is 31.9. The molecule has 11 nitrogen and oxygen atoms in total. The summed E-state index contributed by atoms with van der Waals surface area (Å²) in [5.41, 5.74) is 4.29. The molecule has 0 unspecified atom stereocenters. The maximum atomic E-state index is 12.6. The molecule has 3 aromatic rings. The highest BCUT2D eigenvalue weighted by Crippen LogP contribution is 2.37. The number of hydrogen-bond acceptors (Lipinski definition) is 9. The highest BCUT2D eigenvalue weighted by Gasteiger charge is 2.22. The smallest absolute Gasteiger partial charge is 0.273 e. The monoisotopic (exact) mass is 587 g/mol. The molecular weight excluding hydrogens is 542 g/mol. The molecule has 230 valence electrons. The van der Waals surface area contributed by atoms with E-state index in [9.17, 15) is 10.1 Å². The van der Waals surface area contributed by atoms with E-state index in [0.717, 1.165) is 44.0 Å². The zero-order chi connectivity index (χ0) is 31.4. The maximum Gasteiger partial charge on any atom is 0.273 e. The number of anilines is 2. The average molecular weight is 588 g/mol. The van der Waals surface area contributed by atoms with Crippen molar-refractivity contribution in [3.05, 3.63) is 53.1 Å². The molecule has 0 aliphatic carbocycles. The van der Waals surface area contributed by atoms with E-state index in [1.54, 1.807) is 17.1 Å². The summed E-state index contributed by atoms with van der Waals surface area (Å²) in [5.74, 6) is 0.243. The molecular formula is C32H45N9O2. The van der Waals surface area contributed by atoms with Crippen LogP contribution in [0.2, 0.25) is 0 Å². The van der Waals surface area contributed by atoms with Gasteiger partial charge in [0.05, 0.1) is 40.7 Å². The number of nitrogens with one attached hydrogen (secondary N) is 2. The van der Waals surface area contributed by atoms with Crippen molar-refractivity contribution in [3.63, 3.8) is 0 Å². The van der Waals surface area contributed by atoms with Gasteiger partial charge in [0.15, 0.2) is 11.4 Å². The van der Waals surface area contributed by atoms with E-state index in [-0.39, 0.29) is 22.4 Å². The summed E-state index contributed by atoms with van der Waals surface area (Å²) in [6.45, 7) is 20.2. The van der Waals surface area contributed by atoms with Gasteiger partial charge in [-0.25, -0.2) is 4.68 Å². The minimum Gasteiger partial charge on any atom is -0.489 e. The van der Waals surface area contributed by atoms with Crippen LogP contribution in [0.4, 0.5) is 11.4 Å². The molecule has 11 heteroatoms. The molecule has 3 heterocycles. The van der Waals surface area contributed by atoms with Crippen molar-refractivity contribution < 1.29 is 9.53 Å². The lowest BCUT2D eigenvalue weighted by Gasteiger charge is -2.32. The van der Waals surface area contributed by atoms with E-state index in [1.165, 1.54) is 0 Å². The third-order valence-corrected chi connectivity index (χ3v) is 7.42. The van der Waals surface area contributed by atoms with Crippen molar-refractivity contribution in [2.24, 2.45) is 5.41 Å². The third kappa shape index (κ3) is 8.52. The van der Waals surface area contributed by atoms with Crippen LogP contribution in [0.5, 0.6) is 5.75 Å². The molecule has 1 aromatic carbocycles. The van der Waals surface area contributed by atoms with E-state index in [0.29, 0.717) is 41.5 Å². The highest BCUT2D eigenvalue weighted by atomic mass is 16.5. The van der Waals surface area contributed by atoms with Crippen LogP contribution in [0.3, 0.4) is 0 Å². The number of likely N-dealkylation sites (N-methyl/N-ethyl adjacent to an activating group) is 1. The zero-order valence-corrected chi connectivity index (χ0v) is 26.8. The minimum atomic E-state index is -0.276. The number of amides is 1. The Kier molecular flexibility index (Phi) is 9.72. The van der Waals surface area contributed by atoms with Gasteiger partial charge < -0.3 is 20.3 Å². The fourth-order valence-electron chi connectivity index (χ4n) is 4.64. The molecule has 2 N–H and O–H groups in total. The molecule has 4 rings (SSSR count). The number of aryl methyl sites for hydroxylation is 1. The Bertz CT molecular complexity index is 1470. The summed E-state index contributed by atoms with van der Waals surface area (Å²) in [6, 6.07) is 8.20. The average Bonchev–Trinajstić information content (AvgIpc) is 3.43. The predicted molar refractivity (Wildman–Crippen MR) is 168 cm³/mol. The molecule has 0 bridgehead atoms. The van der Waals surface area contributed by atoms with E-state index in [1.807, 2.05) is 25.1 Å². The van der Waals surface area contributed by atoms with Crippen LogP contribution in [0.1, 0.15) is 68.9 Å². The van der Waals surface area contributed by atoms with Gasteiger partial charge in [0.1, 0.15) is 12.7 Å². The topological polar surface area (TPSA) is 124 Å². The lowest BCUT2D eigenvalue weighted by atomic mass is 9.85. The van der Waals surface area contributed by atoms with Crippen LogP contribution in [-0.4, -0.2) is 88.6 Å². The lowest BCUT2D eigenvalue weighted by Crippen LogP contribution is -2.45. The molecule has 0 saturated carbocycles. The summed E-state index contributed by atoms with van der Waals surface area (Å²) in [5, 5.41) is 24.8. The first-order valence-electron chi connectivity index (χ1n) is 14.8. The van der Waals surface area contributed by atoms with Crippen molar-refractivity contribution in [1.29, 1.82) is 5.26 Å². The summed E-state index contributed by atoms with van der Waals surface area (Å²) in [7, 11) is 2.14. The quantitative estimate of drug-likeness (QED) is 0.377. The number of nitrogens with zero attached hydrogens (tertiary/aromatic N) is 7. The standard InChI is InChI=1S/C32H45N9O2/c1-22-28(41-20-27(37-38-41)30(42)35-21-31(2,3)4)17-25(19-34-22)36-26-16-24(32(5,6)7)15-23(18-33)29(26)43-14-13-40-11-9-39(8)10-12-40/h15-17,19-20,36H,9-14,21H2,1-8H3,(H,35,42). The number of rotatable bonds is 9. The van der Waals surface area contributed by atoms with Crippen LogP contribution >= 0.6 is 0 Å². The fraction of sp³-hybridized carbons (Fsp3) is 0.531. The van der Waals surface area contributed by atoms with Crippen molar-refractivity contribution in [3.8, 4) is 17.5 Å². The molecule has 1 saturated heterocycles. The van der Waals surface area contributed by atoms with Crippen molar-refractivity contribution >= 4 is 17.3 Å². The Morgan fingerprint density at radius 3 is 2.47 bits per heavy atom. The van der Waals surface area contributed by atoms with Crippen LogP contribution in [0, 0.1) is 23.7 Å². The molecule has 1 amide bonds. The van der Waals surface area contributed by atoms with Crippen LogP contribution in [0.25, 0.3) is 5.69 Å². The van der Waals surface area contributed by atoms with Crippen molar-refractivity contribution in [2.75, 3.05) is 58.2 Å². The van der Waals surface area contributed by atoms with Gasteiger partial charge in [-0.3, -0.25) is 14.7 Å². The van der Waals surface area contributed by atoms with Gasteiger partial charge in [0.25, 0.3) is 5.91 Å². The van der Waals surface area contributed by atoms with E-state index in [4.69, 9.17) is 4.74 Å². The summed E-state index contributed by atoms with van der Waals surface area (Å²) in [6.07, 6.45) is 3.34. The van der Waals surface area contributed by atoms with Gasteiger partial charge in [-0.2, -0.15) is 5.26 Å². The number of ether oxygens (including phenoxy) is 1. The Morgan fingerprint density at radius 1 is 1.09 bits per heavy atom. The van der Waals surface area contributed by atoms with Gasteiger partial charge in [-0.1, -0.05) is 46.8 Å². The molecule has 0 spiro atoms. The Hall–Kier alpha value is -4.01. The first-order valence-corrected chi connectivity index (χ1v) is 14.8. The normalized spacial score (nSPS) is 14.8. The van der Waals surface area contributed by atoms with Crippen molar-refractivity contribution in [2.45, 2.75) is 53.9 Å². The van der Waals surface area contributed by atoms with Crippen LogP contribution in [-0.2, 0) is 5.41 Å². The van der Waals surface area contributed by atoms with Crippen molar-refractivity contribution in [1.82, 2.24) is 35.1 Å². The molecule has 1 fully saturated rings. The number of hydrogen-bond donors (Lipinski definition) is 2. The largest absolute Gasteiger partial charge is 0.489 e. The maximum absolute atomic E-state index is 12.6. The Balaban J connectivity index is 1.59. The number of benzene rings is 1. The lowest BCUT2D eigenvalue weighted by molar-refractivity contribution is 0.0934. The van der Waals surface area contributed by atoms with E-state index in [2.05, 4.69) is 90.4 Å². The number of carbonyl (C=O) groups is 1. The Labute approximate surface area is 255 Å². The van der Waals surface area contributed by atoms with Gasteiger partial charge >= 0.3 is 0 Å². The number of pyridine rings is 1. The second-order valence-electron chi connectivity index (χ2n) is 13.5. The second kappa shape index (κ2) is 13.1. The SMILES string of the molecule is Cc1ncc(Nc2cc(C(C)(C)C)cc(C#N)c2OCCN2CCN(C)CC2)cc1-n1cc(C(=O)NCC(C)(C)C)nn1. The van der Waals surface area contributed by atoms with Gasteiger partial charge in [-0.05, 0) is 48.6 Å². The molecule has 43 heavy (non-hydrogen) atoms. The van der Waals surface area contributed by atoms with Crippen LogP contribution in [0.15, 0.2) is 30.6 Å². The Morgan fingerprint density at radius 2 is 1.81 bits per heavy atom. The summed E-state index contributed by atoms with van der Waals surface area (Å²) in [4.78, 5) is 21.9. The molecule has 2 aromatic heterocycles. The van der Waals surface area contributed by atoms with Gasteiger partial charge in [0, 0.05) is 39.3 Å². The second-order valence-corrected chi connectivity index (χ2v) is 13.5. The number of carbonyl (C=O) groups excluding carboxylic acids is 1. The molecule has 1 aliphatic heterocycles. The van der Waals surface area contributed by atoms with E-state index >= 15 is 0 Å². The number of aromatic nitrogens is 4. The number of nitriles is 1. The summed E-state index contributed by atoms with van der Waals surface area (Å²) >= 11 is 0. The summed E-state index contributed by atoms with van der Waals surface area (Å²) < 4.78 is 7.87. The molecule has 1 aliphatic rings. The van der Waals surface area contributed by atoms with E-state index < -0.39 is 0 Å². The highest BCUT2D eigenvalue weighted by molar-refractivity contribution is 5.92. The molecule has 0 atom stereocenters. The number of piperazine rings is 1. The van der Waals surface area contributed by atoms with Gasteiger partial charge in [0.2, 0.25) is 0 Å². The van der Waals surface area contributed by atoms with Gasteiger partial charge in [-0.15, -0.1) is 5.10 Å². The molecule has 0 radical (unpaired) electrons. The third-order valence-electron chi connectivity index (χ3n) is 7.42. The zero-order valence-electron chi connectivity index (χ0n) is 26.8. The fourth-order valence-corrected chi connectivity index (χ4v) is 4.64. The minimum absolute atomic E-state index is 0.0466. The predicted octanol–water partition coefficient (Wildman–Crippen LogP) is 4.29. The first-order chi connectivity index (χ1) is 20.2.